The van der Waals surface area contributed by atoms with Crippen molar-refractivity contribution in [1.29, 1.82) is 0 Å². The molecule has 0 bridgehead atoms. The van der Waals surface area contributed by atoms with E-state index in [9.17, 15) is 13.6 Å². The van der Waals surface area contributed by atoms with Crippen LogP contribution in [0.1, 0.15) is 33.1 Å². The molecule has 0 saturated heterocycles. The van der Waals surface area contributed by atoms with Crippen molar-refractivity contribution in [3.63, 3.8) is 0 Å². The number of nitrogens with one attached hydrogen (secondary N) is 1. The molecule has 106 valence electrons. The molecule has 2 N–H and O–H groups in total. The van der Waals surface area contributed by atoms with Gasteiger partial charge in [-0.25, -0.2) is 13.6 Å². The zero-order chi connectivity index (χ0) is 14.9. The van der Waals surface area contributed by atoms with Gasteiger partial charge < -0.3 is 10.4 Å². The molecular weight excluding hydrogens is 284 g/mol. The maximum Gasteiger partial charge on any atom is 0.338 e. The fourth-order valence-electron chi connectivity index (χ4n) is 1.81. The van der Waals surface area contributed by atoms with E-state index < -0.39 is 23.2 Å². The minimum absolute atomic E-state index is 0.0256. The highest BCUT2D eigenvalue weighted by Gasteiger charge is 2.17. The van der Waals surface area contributed by atoms with Crippen LogP contribution in [-0.4, -0.2) is 11.1 Å². The van der Waals surface area contributed by atoms with Gasteiger partial charge in [0.15, 0.2) is 0 Å². The van der Waals surface area contributed by atoms with E-state index in [-0.39, 0.29) is 11.7 Å². The Labute approximate surface area is 118 Å². The van der Waals surface area contributed by atoms with Gasteiger partial charge in [0, 0.05) is 15.8 Å². The van der Waals surface area contributed by atoms with E-state index in [2.05, 4.69) is 5.32 Å². The van der Waals surface area contributed by atoms with E-state index in [1.165, 1.54) is 0 Å². The molecule has 0 saturated carbocycles. The van der Waals surface area contributed by atoms with Gasteiger partial charge in [0.05, 0.1) is 17.3 Å². The molecule has 2 rings (SSSR count). The highest BCUT2D eigenvalue weighted by Crippen LogP contribution is 2.28. The lowest BCUT2D eigenvalue weighted by atomic mass is 10.1. The molecule has 0 amide bonds. The maximum atomic E-state index is 13.7. The van der Waals surface area contributed by atoms with Gasteiger partial charge in [-0.3, -0.25) is 0 Å². The zero-order valence-corrected chi connectivity index (χ0v) is 11.7. The molecule has 0 fully saturated rings. The van der Waals surface area contributed by atoms with Crippen LogP contribution < -0.4 is 5.32 Å². The third-order valence-electron chi connectivity index (χ3n) is 2.85. The summed E-state index contributed by atoms with van der Waals surface area (Å²) in [6.07, 6.45) is 0. The first-order chi connectivity index (χ1) is 9.38. The number of aryl methyl sites for hydroxylation is 1. The number of carboxylic acid groups (broad SMARTS) is 1. The topological polar surface area (TPSA) is 49.3 Å². The Morgan fingerprint density at radius 3 is 2.55 bits per heavy atom. The van der Waals surface area contributed by atoms with Crippen LogP contribution in [0.2, 0.25) is 0 Å². The largest absolute Gasteiger partial charge is 0.478 e. The van der Waals surface area contributed by atoms with Crippen LogP contribution in [0.15, 0.2) is 24.3 Å². The zero-order valence-electron chi connectivity index (χ0n) is 10.9. The lowest BCUT2D eigenvalue weighted by Gasteiger charge is -2.15. The maximum absolute atomic E-state index is 13.7. The van der Waals surface area contributed by atoms with Crippen LogP contribution in [0.25, 0.3) is 0 Å². The number of hydrogen-bond acceptors (Lipinski definition) is 3. The van der Waals surface area contributed by atoms with Gasteiger partial charge in [0.2, 0.25) is 0 Å². The molecule has 0 aliphatic rings. The molecule has 0 spiro atoms. The summed E-state index contributed by atoms with van der Waals surface area (Å²) in [7, 11) is 0. The third-order valence-corrected chi connectivity index (χ3v) is 4.03. The molecule has 1 aromatic carbocycles. The number of carboxylic acids is 1. The standard InChI is InChI=1S/C14H13F2NO2S/c1-7-3-4-13(20-7)8(2)17-12-5-9(14(18)19)10(15)6-11(12)16/h3-6,8,17H,1-2H3,(H,18,19). The number of hydrogen-bond donors (Lipinski definition) is 2. The number of rotatable bonds is 4. The number of anilines is 1. The monoisotopic (exact) mass is 297 g/mol. The minimum Gasteiger partial charge on any atom is -0.478 e. The molecule has 1 unspecified atom stereocenters. The average molecular weight is 297 g/mol. The molecule has 3 nitrogen and oxygen atoms in total. The SMILES string of the molecule is Cc1ccc(C(C)Nc2cc(C(=O)O)c(F)cc2F)s1. The normalized spacial score (nSPS) is 12.2. The van der Waals surface area contributed by atoms with Crippen molar-refractivity contribution in [1.82, 2.24) is 0 Å². The van der Waals surface area contributed by atoms with Crippen molar-refractivity contribution in [2.45, 2.75) is 19.9 Å². The number of carbonyl (C=O) groups is 1. The summed E-state index contributed by atoms with van der Waals surface area (Å²) >= 11 is 1.56. The smallest absolute Gasteiger partial charge is 0.338 e. The molecule has 0 aliphatic carbocycles. The number of benzene rings is 1. The molecule has 6 heteroatoms. The summed E-state index contributed by atoms with van der Waals surface area (Å²) in [6.45, 7) is 3.79. The molecule has 1 heterocycles. The summed E-state index contributed by atoms with van der Waals surface area (Å²) in [4.78, 5) is 13.0. The third kappa shape index (κ3) is 2.96. The molecule has 2 aromatic rings. The van der Waals surface area contributed by atoms with Gasteiger partial charge in [-0.15, -0.1) is 11.3 Å². The van der Waals surface area contributed by atoms with Crippen LogP contribution in [-0.2, 0) is 0 Å². The number of aromatic carboxylic acids is 1. The fraction of sp³-hybridized carbons (Fsp3) is 0.214. The highest BCUT2D eigenvalue weighted by molar-refractivity contribution is 7.12. The van der Waals surface area contributed by atoms with Crippen molar-refractivity contribution in [2.24, 2.45) is 0 Å². The Hall–Kier alpha value is -1.95. The first-order valence-corrected chi connectivity index (χ1v) is 6.75. The Morgan fingerprint density at radius 2 is 2.00 bits per heavy atom. The molecular formula is C14H13F2NO2S. The van der Waals surface area contributed by atoms with Gasteiger partial charge >= 0.3 is 5.97 Å². The van der Waals surface area contributed by atoms with Gasteiger partial charge in [0.25, 0.3) is 0 Å². The highest BCUT2D eigenvalue weighted by atomic mass is 32.1. The van der Waals surface area contributed by atoms with E-state index >= 15 is 0 Å². The summed E-state index contributed by atoms with van der Waals surface area (Å²) < 4.78 is 27.0. The fourth-order valence-corrected chi connectivity index (χ4v) is 2.69. The van der Waals surface area contributed by atoms with Gasteiger partial charge in [-0.05, 0) is 32.0 Å². The second-order valence-corrected chi connectivity index (χ2v) is 5.75. The molecule has 20 heavy (non-hydrogen) atoms. The minimum atomic E-state index is -1.43. The Balaban J connectivity index is 2.29. The summed E-state index contributed by atoms with van der Waals surface area (Å²) in [5.74, 6) is -3.32. The van der Waals surface area contributed by atoms with E-state index in [4.69, 9.17) is 5.11 Å². The molecule has 1 atom stereocenters. The van der Waals surface area contributed by atoms with Gasteiger partial charge in [0.1, 0.15) is 11.6 Å². The van der Waals surface area contributed by atoms with Crippen molar-refractivity contribution >= 4 is 23.0 Å². The summed E-state index contributed by atoms with van der Waals surface area (Å²) in [5.41, 5.74) is -0.578. The van der Waals surface area contributed by atoms with Gasteiger partial charge in [-0.2, -0.15) is 0 Å². The first kappa shape index (κ1) is 14.5. The Morgan fingerprint density at radius 1 is 1.30 bits per heavy atom. The van der Waals surface area contributed by atoms with Crippen molar-refractivity contribution in [3.05, 3.63) is 51.2 Å². The summed E-state index contributed by atoms with van der Waals surface area (Å²) in [5, 5.41) is 11.7. The van der Waals surface area contributed by atoms with Crippen LogP contribution in [0.3, 0.4) is 0 Å². The van der Waals surface area contributed by atoms with Crippen LogP contribution in [0, 0.1) is 18.6 Å². The predicted octanol–water partition coefficient (Wildman–Crippen LogP) is 4.21. The second kappa shape index (κ2) is 5.58. The Bertz CT molecular complexity index is 655. The molecule has 1 aromatic heterocycles. The van der Waals surface area contributed by atoms with Crippen LogP contribution in [0.5, 0.6) is 0 Å². The van der Waals surface area contributed by atoms with Gasteiger partial charge in [-0.1, -0.05) is 0 Å². The second-order valence-electron chi connectivity index (χ2n) is 4.43. The molecule has 0 aliphatic heterocycles. The van der Waals surface area contributed by atoms with Crippen LogP contribution >= 0.6 is 11.3 Å². The van der Waals surface area contributed by atoms with Crippen molar-refractivity contribution in [2.75, 3.05) is 5.32 Å². The lowest BCUT2D eigenvalue weighted by molar-refractivity contribution is 0.0692. The first-order valence-electron chi connectivity index (χ1n) is 5.93. The summed E-state index contributed by atoms with van der Waals surface area (Å²) in [6, 6.07) is 5.22. The molecule has 0 radical (unpaired) electrons. The van der Waals surface area contributed by atoms with E-state index in [0.29, 0.717) is 6.07 Å². The van der Waals surface area contributed by atoms with Crippen molar-refractivity contribution < 1.29 is 18.7 Å². The van der Waals surface area contributed by atoms with E-state index in [1.54, 1.807) is 11.3 Å². The quantitative estimate of drug-likeness (QED) is 0.889. The number of thiophene rings is 1. The van der Waals surface area contributed by atoms with Crippen LogP contribution in [0.4, 0.5) is 14.5 Å². The predicted molar refractivity (Wildman–Crippen MR) is 74.4 cm³/mol. The van der Waals surface area contributed by atoms with Crippen molar-refractivity contribution in [3.8, 4) is 0 Å². The lowest BCUT2D eigenvalue weighted by Crippen LogP contribution is -2.09. The number of halogens is 2. The van der Waals surface area contributed by atoms with E-state index in [1.807, 2.05) is 26.0 Å². The average Bonchev–Trinajstić information content (AvgIpc) is 2.79. The van der Waals surface area contributed by atoms with E-state index in [0.717, 1.165) is 15.8 Å². The Kier molecular flexibility index (Phi) is 4.04.